The van der Waals surface area contributed by atoms with Crippen molar-refractivity contribution in [2.45, 2.75) is 130 Å². The van der Waals surface area contributed by atoms with E-state index >= 15 is 0 Å². The van der Waals surface area contributed by atoms with Crippen LogP contribution in [-0.4, -0.2) is 116 Å². The zero-order valence-corrected chi connectivity index (χ0v) is 33.1. The zero-order chi connectivity index (χ0) is 38.6. The van der Waals surface area contributed by atoms with Crippen LogP contribution in [0.15, 0.2) is 30.3 Å². The van der Waals surface area contributed by atoms with Crippen molar-refractivity contribution < 1.29 is 33.8 Å². The van der Waals surface area contributed by atoms with Crippen molar-refractivity contribution in [3.05, 3.63) is 35.9 Å². The predicted molar refractivity (Wildman–Crippen MR) is 200 cm³/mol. The van der Waals surface area contributed by atoms with E-state index in [1.807, 2.05) is 71.9 Å². The van der Waals surface area contributed by atoms with Crippen molar-refractivity contribution in [3.8, 4) is 0 Å². The average Bonchev–Trinajstić information content (AvgIpc) is 3.59. The fourth-order valence-corrected chi connectivity index (χ4v) is 7.42. The molecule has 290 valence electrons. The summed E-state index contributed by atoms with van der Waals surface area (Å²) in [5, 5.41) is 19.8. The molecule has 1 aliphatic rings. The SMILES string of the molecule is CC[C@H](C)[C@@H]([C@@H](CC(=O)N1CCC[C@H]1[C@H](OC)[C@@H](C)C(=O)N[C@H](C)[C@H](O)c1ccccc1)OC)N(C)C(=O)[C@@H](NC(=O)[C@@H](NC)C(C)C)C(C)C. The molecule has 0 radical (unpaired) electrons. The van der Waals surface area contributed by atoms with Gasteiger partial charge in [0, 0.05) is 27.8 Å². The first-order valence-electron chi connectivity index (χ1n) is 18.7. The fraction of sp³-hybridized carbons (Fsp3) is 0.744. The molecule has 0 aliphatic carbocycles. The van der Waals surface area contributed by atoms with Gasteiger partial charge in [0.05, 0.1) is 54.8 Å². The molecule has 12 nitrogen and oxygen atoms in total. The molecule has 4 amide bonds. The van der Waals surface area contributed by atoms with Gasteiger partial charge >= 0.3 is 0 Å². The van der Waals surface area contributed by atoms with Crippen LogP contribution in [0.2, 0.25) is 0 Å². The van der Waals surface area contributed by atoms with E-state index in [2.05, 4.69) is 16.0 Å². The van der Waals surface area contributed by atoms with Gasteiger partial charge in [0.15, 0.2) is 0 Å². The van der Waals surface area contributed by atoms with Gasteiger partial charge in [-0.15, -0.1) is 0 Å². The third kappa shape index (κ3) is 11.5. The van der Waals surface area contributed by atoms with E-state index in [9.17, 15) is 24.3 Å². The third-order valence-electron chi connectivity index (χ3n) is 10.7. The monoisotopic (exact) mass is 718 g/mol. The van der Waals surface area contributed by atoms with E-state index in [-0.39, 0.29) is 53.8 Å². The highest BCUT2D eigenvalue weighted by Gasteiger charge is 2.43. The van der Waals surface area contributed by atoms with Crippen LogP contribution in [0, 0.1) is 23.7 Å². The Morgan fingerprint density at radius 1 is 0.922 bits per heavy atom. The highest BCUT2D eigenvalue weighted by Crippen LogP contribution is 2.30. The smallest absolute Gasteiger partial charge is 0.245 e. The molecule has 0 unspecified atom stereocenters. The van der Waals surface area contributed by atoms with Crippen LogP contribution in [0.5, 0.6) is 0 Å². The van der Waals surface area contributed by atoms with Crippen LogP contribution < -0.4 is 16.0 Å². The second-order valence-corrected chi connectivity index (χ2v) is 15.0. The summed E-state index contributed by atoms with van der Waals surface area (Å²) in [6, 6.07) is 6.67. The largest absolute Gasteiger partial charge is 0.386 e. The molecule has 2 rings (SSSR count). The van der Waals surface area contributed by atoms with E-state index in [1.54, 1.807) is 52.0 Å². The molecular formula is C39H67N5O7. The maximum atomic E-state index is 14.1. The molecule has 1 aromatic carbocycles. The first-order valence-corrected chi connectivity index (χ1v) is 18.7. The molecule has 0 aromatic heterocycles. The maximum Gasteiger partial charge on any atom is 0.245 e. The standard InChI is InChI=1S/C39H67N5O7/c1-13-25(6)34(43(10)39(49)33(24(4)5)42-38(48)32(40-9)23(2)3)30(50-11)22-31(45)44-21-17-20-29(44)36(51-12)26(7)37(47)41-27(8)35(46)28-18-15-14-16-19-28/h14-16,18-19,23-27,29-30,32-36,40,46H,13,17,20-22H2,1-12H3,(H,41,47)(H,42,48)/t25-,26+,27+,29-,30+,32-,33-,34-,35-,36+/m0/s1. The van der Waals surface area contributed by atoms with Gasteiger partial charge in [-0.05, 0) is 50.1 Å². The number of aliphatic hydroxyl groups is 1. The number of methoxy groups -OCH3 is 2. The third-order valence-corrected chi connectivity index (χ3v) is 10.7. The van der Waals surface area contributed by atoms with Crippen molar-refractivity contribution in [1.29, 1.82) is 0 Å². The van der Waals surface area contributed by atoms with Gasteiger partial charge in [-0.25, -0.2) is 0 Å². The molecule has 0 bridgehead atoms. The van der Waals surface area contributed by atoms with Crippen molar-refractivity contribution in [2.24, 2.45) is 23.7 Å². The van der Waals surface area contributed by atoms with Crippen LogP contribution in [-0.2, 0) is 28.7 Å². The Morgan fingerprint density at radius 2 is 1.53 bits per heavy atom. The van der Waals surface area contributed by atoms with E-state index in [1.165, 1.54) is 0 Å². The van der Waals surface area contributed by atoms with Gasteiger partial charge in [0.1, 0.15) is 6.04 Å². The lowest BCUT2D eigenvalue weighted by atomic mass is 9.89. The molecule has 1 saturated heterocycles. The summed E-state index contributed by atoms with van der Waals surface area (Å²) >= 11 is 0. The number of amides is 4. The van der Waals surface area contributed by atoms with Crippen molar-refractivity contribution >= 4 is 23.6 Å². The van der Waals surface area contributed by atoms with Crippen LogP contribution in [0.1, 0.15) is 92.7 Å². The van der Waals surface area contributed by atoms with Gasteiger partial charge in [-0.1, -0.05) is 85.2 Å². The minimum Gasteiger partial charge on any atom is -0.386 e. The number of likely N-dealkylation sites (N-methyl/N-ethyl adjacent to an activating group) is 2. The van der Waals surface area contributed by atoms with E-state index in [0.29, 0.717) is 18.5 Å². The summed E-state index contributed by atoms with van der Waals surface area (Å²) in [7, 11) is 6.57. The second kappa shape index (κ2) is 20.8. The zero-order valence-electron chi connectivity index (χ0n) is 33.1. The normalized spacial score (nSPS) is 20.1. The first-order chi connectivity index (χ1) is 24.0. The lowest BCUT2D eigenvalue weighted by Gasteiger charge is -2.41. The molecule has 12 heteroatoms. The molecule has 1 aromatic rings. The Balaban J connectivity index is 2.24. The van der Waals surface area contributed by atoms with Crippen molar-refractivity contribution in [1.82, 2.24) is 25.8 Å². The number of carbonyl (C=O) groups excluding carboxylic acids is 4. The molecule has 1 heterocycles. The van der Waals surface area contributed by atoms with Crippen LogP contribution in [0.25, 0.3) is 0 Å². The number of ether oxygens (including phenoxy) is 2. The quantitative estimate of drug-likeness (QED) is 0.160. The number of nitrogens with zero attached hydrogens (tertiary/aromatic N) is 2. The Morgan fingerprint density at radius 3 is 2.04 bits per heavy atom. The number of benzene rings is 1. The Kier molecular flexibility index (Phi) is 18.0. The Hall–Kier alpha value is -3.06. The number of carbonyl (C=O) groups is 4. The molecule has 10 atom stereocenters. The molecule has 0 spiro atoms. The Bertz CT molecular complexity index is 1250. The van der Waals surface area contributed by atoms with Crippen LogP contribution in [0.3, 0.4) is 0 Å². The molecular weight excluding hydrogens is 650 g/mol. The van der Waals surface area contributed by atoms with Crippen LogP contribution >= 0.6 is 0 Å². The number of aliphatic hydroxyl groups excluding tert-OH is 1. The average molecular weight is 718 g/mol. The summed E-state index contributed by atoms with van der Waals surface area (Å²) in [5.41, 5.74) is 0.711. The van der Waals surface area contributed by atoms with E-state index in [0.717, 1.165) is 12.8 Å². The molecule has 1 aliphatic heterocycles. The molecule has 0 saturated carbocycles. The second-order valence-electron chi connectivity index (χ2n) is 15.0. The lowest BCUT2D eigenvalue weighted by molar-refractivity contribution is -0.148. The first kappa shape index (κ1) is 44.1. The van der Waals surface area contributed by atoms with Gasteiger partial charge in [-0.3, -0.25) is 19.2 Å². The predicted octanol–water partition coefficient (Wildman–Crippen LogP) is 3.53. The van der Waals surface area contributed by atoms with Crippen LogP contribution in [0.4, 0.5) is 0 Å². The fourth-order valence-electron chi connectivity index (χ4n) is 7.42. The van der Waals surface area contributed by atoms with Gasteiger partial charge in [-0.2, -0.15) is 0 Å². The summed E-state index contributed by atoms with van der Waals surface area (Å²) in [6.45, 7) is 15.9. The highest BCUT2D eigenvalue weighted by molar-refractivity contribution is 5.90. The van der Waals surface area contributed by atoms with Gasteiger partial charge in [0.25, 0.3) is 0 Å². The summed E-state index contributed by atoms with van der Waals surface area (Å²) in [5.74, 6) is -1.62. The number of nitrogens with one attached hydrogen (secondary N) is 3. The lowest BCUT2D eigenvalue weighted by Crippen LogP contribution is -2.59. The summed E-state index contributed by atoms with van der Waals surface area (Å²) < 4.78 is 11.9. The summed E-state index contributed by atoms with van der Waals surface area (Å²) in [6.07, 6.45) is 0.147. The molecule has 51 heavy (non-hydrogen) atoms. The topological polar surface area (TPSA) is 150 Å². The number of hydrogen-bond donors (Lipinski definition) is 4. The summed E-state index contributed by atoms with van der Waals surface area (Å²) in [4.78, 5) is 58.3. The molecule has 4 N–H and O–H groups in total. The minimum atomic E-state index is -0.875. The van der Waals surface area contributed by atoms with E-state index in [4.69, 9.17) is 9.47 Å². The minimum absolute atomic E-state index is 0.0148. The van der Waals surface area contributed by atoms with Gasteiger partial charge in [0.2, 0.25) is 23.6 Å². The number of hydrogen-bond acceptors (Lipinski definition) is 8. The van der Waals surface area contributed by atoms with Crippen molar-refractivity contribution in [3.63, 3.8) is 0 Å². The van der Waals surface area contributed by atoms with Crippen molar-refractivity contribution in [2.75, 3.05) is 34.9 Å². The molecule has 1 fully saturated rings. The highest BCUT2D eigenvalue weighted by atomic mass is 16.5. The Labute approximate surface area is 306 Å². The number of likely N-dealkylation sites (tertiary alicyclic amines) is 1. The maximum absolute atomic E-state index is 14.1. The number of rotatable bonds is 20. The van der Waals surface area contributed by atoms with Gasteiger partial charge < -0.3 is 40.3 Å². The van der Waals surface area contributed by atoms with E-state index < -0.39 is 48.4 Å².